The van der Waals surface area contributed by atoms with E-state index in [1.807, 2.05) is 12.3 Å². The molecule has 5 fully saturated rings. The summed E-state index contributed by atoms with van der Waals surface area (Å²) in [5.41, 5.74) is 2.01. The first-order chi connectivity index (χ1) is 13.2. The Morgan fingerprint density at radius 2 is 2.07 bits per heavy atom. The molecule has 142 valence electrons. The van der Waals surface area contributed by atoms with Crippen molar-refractivity contribution in [1.82, 2.24) is 25.5 Å². The summed E-state index contributed by atoms with van der Waals surface area (Å²) in [7, 11) is 2.13. The monoisotopic (exact) mass is 365 g/mol. The zero-order chi connectivity index (χ0) is 18.1. The normalized spacial score (nSPS) is 30.7. The molecule has 0 amide bonds. The zero-order valence-electron chi connectivity index (χ0n) is 15.8. The molecule has 0 aromatic carbocycles. The number of nitrogens with zero attached hydrogens (tertiary/aromatic N) is 4. The first kappa shape index (κ1) is 15.9. The van der Waals surface area contributed by atoms with Crippen molar-refractivity contribution < 1.29 is 0 Å². The maximum absolute atomic E-state index is 4.81. The number of hydrogen-bond acceptors (Lipinski definition) is 6. The number of anilines is 3. The Balaban J connectivity index is 1.20. The maximum Gasteiger partial charge on any atom is 0.227 e. The lowest BCUT2D eigenvalue weighted by Gasteiger charge is -2.60. The number of H-pyrrole nitrogens is 1. The van der Waals surface area contributed by atoms with Crippen LogP contribution in [0.25, 0.3) is 0 Å². The van der Waals surface area contributed by atoms with Crippen LogP contribution in [0.4, 0.5) is 17.6 Å². The van der Waals surface area contributed by atoms with Crippen molar-refractivity contribution in [3.8, 4) is 0 Å². The Kier molecular flexibility index (Phi) is 3.20. The molecule has 3 saturated carbocycles. The van der Waals surface area contributed by atoms with Crippen molar-refractivity contribution in [2.24, 2.45) is 11.3 Å². The number of hydrogen-bond donors (Lipinski definition) is 3. The number of piperidine rings is 2. The molecular formula is C20H27N7. The Bertz CT molecular complexity index is 861. The van der Waals surface area contributed by atoms with Crippen LogP contribution >= 0.6 is 0 Å². The highest BCUT2D eigenvalue weighted by Crippen LogP contribution is 2.64. The van der Waals surface area contributed by atoms with Crippen molar-refractivity contribution in [2.45, 2.75) is 50.0 Å². The van der Waals surface area contributed by atoms with Crippen LogP contribution in [-0.4, -0.2) is 45.8 Å². The van der Waals surface area contributed by atoms with E-state index in [2.05, 4.69) is 43.8 Å². The van der Waals surface area contributed by atoms with Crippen LogP contribution in [0.2, 0.25) is 0 Å². The molecule has 3 aliphatic carbocycles. The van der Waals surface area contributed by atoms with Gasteiger partial charge >= 0.3 is 0 Å². The Hall–Kier alpha value is -2.15. The van der Waals surface area contributed by atoms with Gasteiger partial charge in [-0.25, -0.2) is 4.98 Å². The molecule has 27 heavy (non-hydrogen) atoms. The number of nitrogens with one attached hydrogen (secondary N) is 3. The first-order valence-electron chi connectivity index (χ1n) is 10.3. The van der Waals surface area contributed by atoms with Crippen LogP contribution in [0.5, 0.6) is 0 Å². The Labute approximate surface area is 159 Å². The van der Waals surface area contributed by atoms with E-state index >= 15 is 0 Å². The average molecular weight is 365 g/mol. The highest BCUT2D eigenvalue weighted by molar-refractivity contribution is 5.54. The summed E-state index contributed by atoms with van der Waals surface area (Å²) >= 11 is 0. The van der Waals surface area contributed by atoms with Crippen LogP contribution in [0, 0.1) is 11.3 Å². The molecule has 2 aliphatic heterocycles. The largest absolute Gasteiger partial charge is 0.340 e. The standard InChI is InChI=1S/C20H27N7/c1-21-20(5-6-20)19-9-13(10-19)11-27(12-19)18-22-7-4-16(24-18)23-17-8-15(25-26-17)14-2-3-14/h4,7-8,13-14,21H,2-3,5-6,9-12H2,1H3,(H2,22,23,24,25,26). The van der Waals surface area contributed by atoms with Crippen molar-refractivity contribution in [3.05, 3.63) is 24.0 Å². The van der Waals surface area contributed by atoms with Gasteiger partial charge in [0.15, 0.2) is 5.82 Å². The van der Waals surface area contributed by atoms with E-state index in [0.717, 1.165) is 36.6 Å². The predicted molar refractivity (Wildman–Crippen MR) is 104 cm³/mol. The summed E-state index contributed by atoms with van der Waals surface area (Å²) in [6.45, 7) is 2.15. The fourth-order valence-corrected chi connectivity index (χ4v) is 5.62. The van der Waals surface area contributed by atoms with E-state index in [1.165, 1.54) is 44.2 Å². The molecule has 3 N–H and O–H groups in total. The van der Waals surface area contributed by atoms with E-state index in [9.17, 15) is 0 Å². The van der Waals surface area contributed by atoms with Crippen LogP contribution in [0.1, 0.15) is 50.1 Å². The minimum atomic E-state index is 0.367. The highest BCUT2D eigenvalue weighted by atomic mass is 15.3. The molecule has 2 aromatic rings. The number of fused-ring (bicyclic) bond motifs is 2. The second kappa shape index (κ2) is 5.44. The second-order valence-electron chi connectivity index (χ2n) is 9.12. The Morgan fingerprint density at radius 3 is 2.81 bits per heavy atom. The van der Waals surface area contributed by atoms with Gasteiger partial charge in [0.1, 0.15) is 5.82 Å². The third-order valence-corrected chi connectivity index (χ3v) is 7.37. The van der Waals surface area contributed by atoms with E-state index in [0.29, 0.717) is 16.9 Å². The molecule has 0 spiro atoms. The van der Waals surface area contributed by atoms with Gasteiger partial charge in [0.25, 0.3) is 0 Å². The van der Waals surface area contributed by atoms with Gasteiger partial charge in [-0.1, -0.05) is 0 Å². The van der Waals surface area contributed by atoms with Gasteiger partial charge < -0.3 is 15.5 Å². The van der Waals surface area contributed by atoms with Crippen LogP contribution in [0.15, 0.2) is 18.3 Å². The molecule has 0 radical (unpaired) electrons. The molecular weight excluding hydrogens is 338 g/mol. The topological polar surface area (TPSA) is 81.8 Å². The first-order valence-corrected chi connectivity index (χ1v) is 10.3. The van der Waals surface area contributed by atoms with E-state index in [4.69, 9.17) is 4.98 Å². The second-order valence-corrected chi connectivity index (χ2v) is 9.12. The lowest BCUT2D eigenvalue weighted by atomic mass is 9.54. The quantitative estimate of drug-likeness (QED) is 0.730. The van der Waals surface area contributed by atoms with Gasteiger partial charge in [-0.05, 0) is 57.6 Å². The molecule has 0 atom stereocenters. The average Bonchev–Trinajstić information content (AvgIpc) is 3.60. The predicted octanol–water partition coefficient (Wildman–Crippen LogP) is 2.79. The zero-order valence-corrected chi connectivity index (χ0v) is 15.8. The van der Waals surface area contributed by atoms with Gasteiger partial charge in [0.2, 0.25) is 5.95 Å². The van der Waals surface area contributed by atoms with Gasteiger partial charge in [-0.15, -0.1) is 0 Å². The molecule has 5 aliphatic rings. The van der Waals surface area contributed by atoms with Crippen molar-refractivity contribution in [1.29, 1.82) is 0 Å². The smallest absolute Gasteiger partial charge is 0.227 e. The summed E-state index contributed by atoms with van der Waals surface area (Å²) in [6, 6.07) is 4.03. The fourth-order valence-electron chi connectivity index (χ4n) is 5.62. The number of aromatic amines is 1. The molecule has 7 heteroatoms. The van der Waals surface area contributed by atoms with Crippen LogP contribution in [-0.2, 0) is 0 Å². The van der Waals surface area contributed by atoms with Gasteiger partial charge in [-0.2, -0.15) is 10.1 Å². The molecule has 2 saturated heterocycles. The summed E-state index contributed by atoms with van der Waals surface area (Å²) in [5, 5.41) is 14.5. The summed E-state index contributed by atoms with van der Waals surface area (Å²) in [5.74, 6) is 3.96. The van der Waals surface area contributed by atoms with E-state index in [-0.39, 0.29) is 0 Å². The van der Waals surface area contributed by atoms with E-state index in [1.54, 1.807) is 0 Å². The molecule has 7 rings (SSSR count). The number of rotatable bonds is 6. The van der Waals surface area contributed by atoms with Crippen molar-refractivity contribution in [2.75, 3.05) is 30.4 Å². The fraction of sp³-hybridized carbons (Fsp3) is 0.650. The van der Waals surface area contributed by atoms with Gasteiger partial charge in [-0.3, -0.25) is 5.10 Å². The Morgan fingerprint density at radius 1 is 1.22 bits per heavy atom. The molecule has 7 nitrogen and oxygen atoms in total. The molecule has 2 aromatic heterocycles. The summed E-state index contributed by atoms with van der Waals surface area (Å²) < 4.78 is 0. The third kappa shape index (κ3) is 2.47. The lowest BCUT2D eigenvalue weighted by molar-refractivity contribution is -0.0155. The third-order valence-electron chi connectivity index (χ3n) is 7.37. The maximum atomic E-state index is 4.81. The number of aromatic nitrogens is 4. The highest BCUT2D eigenvalue weighted by Gasteiger charge is 2.66. The minimum Gasteiger partial charge on any atom is -0.340 e. The van der Waals surface area contributed by atoms with Gasteiger partial charge in [0.05, 0.1) is 0 Å². The van der Waals surface area contributed by atoms with E-state index < -0.39 is 0 Å². The molecule has 0 unspecified atom stereocenters. The lowest BCUT2D eigenvalue weighted by Crippen LogP contribution is -2.65. The molecule has 4 heterocycles. The van der Waals surface area contributed by atoms with Crippen LogP contribution < -0.4 is 15.5 Å². The summed E-state index contributed by atoms with van der Waals surface area (Å²) in [6.07, 6.45) is 9.75. The van der Waals surface area contributed by atoms with Crippen molar-refractivity contribution in [3.63, 3.8) is 0 Å². The van der Waals surface area contributed by atoms with Gasteiger partial charge in [0, 0.05) is 47.9 Å². The SMILES string of the molecule is CNC1(C23CC(CN(c4nccc(Nc5cc(C6CC6)[nH]n5)n4)C2)C3)CC1. The minimum absolute atomic E-state index is 0.367. The van der Waals surface area contributed by atoms with Crippen LogP contribution in [0.3, 0.4) is 0 Å². The van der Waals surface area contributed by atoms with Crippen molar-refractivity contribution >= 4 is 17.6 Å². The molecule has 2 bridgehead atoms. The summed E-state index contributed by atoms with van der Waals surface area (Å²) in [4.78, 5) is 11.8.